The second kappa shape index (κ2) is 11.0. The predicted octanol–water partition coefficient (Wildman–Crippen LogP) is 3.55. The molecule has 0 fully saturated rings. The van der Waals surface area contributed by atoms with Crippen LogP contribution in [0.3, 0.4) is 0 Å². The zero-order chi connectivity index (χ0) is 25.6. The summed E-state index contributed by atoms with van der Waals surface area (Å²) in [5.74, 6) is -0.925. The summed E-state index contributed by atoms with van der Waals surface area (Å²) < 4.78 is 5.26. The summed E-state index contributed by atoms with van der Waals surface area (Å²) >= 11 is 0. The van der Waals surface area contributed by atoms with Crippen molar-refractivity contribution >= 4 is 17.9 Å². The maximum atomic E-state index is 13.8. The number of amides is 3. The maximum Gasteiger partial charge on any atom is 0.408 e. The van der Waals surface area contributed by atoms with Gasteiger partial charge in [0.2, 0.25) is 11.8 Å². The van der Waals surface area contributed by atoms with E-state index in [-0.39, 0.29) is 5.91 Å². The Morgan fingerprint density at radius 2 is 1.55 bits per heavy atom. The number of ether oxygens (including phenoxy) is 1. The second-order valence-corrected chi connectivity index (χ2v) is 10.8. The van der Waals surface area contributed by atoms with Gasteiger partial charge in [0.05, 0.1) is 6.61 Å². The lowest BCUT2D eigenvalue weighted by Crippen LogP contribution is -2.61. The van der Waals surface area contributed by atoms with Crippen molar-refractivity contribution in [3.63, 3.8) is 0 Å². The van der Waals surface area contributed by atoms with E-state index >= 15 is 0 Å². The molecule has 1 aromatic carbocycles. The van der Waals surface area contributed by atoms with Crippen molar-refractivity contribution in [2.45, 2.75) is 97.5 Å². The first-order valence-electron chi connectivity index (χ1n) is 11.3. The van der Waals surface area contributed by atoms with Gasteiger partial charge in [0, 0.05) is 11.1 Å². The first-order valence-corrected chi connectivity index (χ1v) is 11.3. The molecule has 3 N–H and O–H groups in total. The van der Waals surface area contributed by atoms with Crippen molar-refractivity contribution in [3.05, 3.63) is 35.9 Å². The van der Waals surface area contributed by atoms with E-state index in [1.807, 2.05) is 47.6 Å². The van der Waals surface area contributed by atoms with Crippen molar-refractivity contribution in [3.8, 4) is 0 Å². The van der Waals surface area contributed by atoms with Gasteiger partial charge >= 0.3 is 6.09 Å². The van der Waals surface area contributed by atoms with E-state index in [0.717, 1.165) is 0 Å². The molecule has 0 heterocycles. The van der Waals surface area contributed by atoms with E-state index in [9.17, 15) is 19.5 Å². The normalized spacial score (nSPS) is 14.1. The fraction of sp³-hybridized carbons (Fsp3) is 0.640. The third kappa shape index (κ3) is 8.68. The number of aliphatic hydroxyl groups excluding tert-OH is 1. The van der Waals surface area contributed by atoms with E-state index in [1.54, 1.807) is 45.0 Å². The molecule has 8 heteroatoms. The Hall–Kier alpha value is -2.61. The molecule has 0 saturated heterocycles. The summed E-state index contributed by atoms with van der Waals surface area (Å²) in [6.45, 7) is 15.7. The Kier molecular flexibility index (Phi) is 9.48. The largest absolute Gasteiger partial charge is 0.444 e. The van der Waals surface area contributed by atoms with Crippen LogP contribution in [0.15, 0.2) is 30.3 Å². The average molecular weight is 464 g/mol. The lowest BCUT2D eigenvalue weighted by Gasteiger charge is -2.45. The summed E-state index contributed by atoms with van der Waals surface area (Å²) in [4.78, 5) is 41.1. The summed E-state index contributed by atoms with van der Waals surface area (Å²) in [5, 5.41) is 15.4. The number of nitrogens with zero attached hydrogens (tertiary/aromatic N) is 1. The average Bonchev–Trinajstić information content (AvgIpc) is 2.67. The Labute approximate surface area is 198 Å². The van der Waals surface area contributed by atoms with Crippen molar-refractivity contribution in [1.29, 1.82) is 0 Å². The van der Waals surface area contributed by atoms with Gasteiger partial charge in [-0.05, 0) is 67.4 Å². The van der Waals surface area contributed by atoms with Crippen LogP contribution in [0.2, 0.25) is 0 Å². The minimum atomic E-state index is -1.28. The Morgan fingerprint density at radius 3 is 1.97 bits per heavy atom. The third-order valence-corrected chi connectivity index (χ3v) is 5.05. The highest BCUT2D eigenvalue weighted by Crippen LogP contribution is 2.32. The molecule has 0 aliphatic heterocycles. The number of rotatable bonds is 8. The van der Waals surface area contributed by atoms with Gasteiger partial charge in [-0.2, -0.15) is 0 Å². The zero-order valence-corrected chi connectivity index (χ0v) is 21.5. The van der Waals surface area contributed by atoms with Crippen molar-refractivity contribution in [2.75, 3.05) is 6.61 Å². The topological polar surface area (TPSA) is 108 Å². The van der Waals surface area contributed by atoms with E-state index in [1.165, 1.54) is 4.90 Å². The van der Waals surface area contributed by atoms with Crippen molar-refractivity contribution < 1.29 is 24.2 Å². The van der Waals surface area contributed by atoms with Crippen molar-refractivity contribution in [1.82, 2.24) is 15.5 Å². The summed E-state index contributed by atoms with van der Waals surface area (Å²) in [6.07, 6.45) is -0.283. The minimum absolute atomic E-state index is 0.350. The number of nitrogens with one attached hydrogen (secondary N) is 2. The predicted molar refractivity (Wildman–Crippen MR) is 129 cm³/mol. The molecule has 0 bridgehead atoms. The van der Waals surface area contributed by atoms with Crippen LogP contribution in [-0.2, 0) is 14.3 Å². The SMILES string of the molecule is CCC(C)(C)N(C(=O)C(CO)NC(=O)OC(C)(C)C)C(C(=O)NC(C)(C)C)c1ccccc1. The number of hydrogen-bond donors (Lipinski definition) is 3. The molecule has 1 rings (SSSR count). The van der Waals surface area contributed by atoms with Crippen LogP contribution in [-0.4, -0.2) is 57.2 Å². The number of carbonyl (C=O) groups excluding carboxylic acids is 3. The van der Waals surface area contributed by atoms with Gasteiger partial charge in [0.1, 0.15) is 17.7 Å². The van der Waals surface area contributed by atoms with E-state index < -0.39 is 47.4 Å². The molecule has 8 nitrogen and oxygen atoms in total. The fourth-order valence-electron chi connectivity index (χ4n) is 3.24. The summed E-state index contributed by atoms with van der Waals surface area (Å²) in [6, 6.07) is 6.76. The first-order chi connectivity index (χ1) is 15.0. The summed E-state index contributed by atoms with van der Waals surface area (Å²) in [5.41, 5.74) is -1.44. The Morgan fingerprint density at radius 1 is 1.00 bits per heavy atom. The highest BCUT2D eigenvalue weighted by Gasteiger charge is 2.43. The van der Waals surface area contributed by atoms with Crippen molar-refractivity contribution in [2.24, 2.45) is 0 Å². The molecule has 2 unspecified atom stereocenters. The number of hydrogen-bond acceptors (Lipinski definition) is 5. The smallest absolute Gasteiger partial charge is 0.408 e. The highest BCUT2D eigenvalue weighted by atomic mass is 16.6. The monoisotopic (exact) mass is 463 g/mol. The molecule has 0 saturated carbocycles. The van der Waals surface area contributed by atoms with Gasteiger partial charge in [-0.1, -0.05) is 37.3 Å². The molecule has 0 aromatic heterocycles. The molecule has 33 heavy (non-hydrogen) atoms. The van der Waals surface area contributed by atoms with E-state index in [4.69, 9.17) is 4.74 Å². The second-order valence-electron chi connectivity index (χ2n) is 10.8. The van der Waals surface area contributed by atoms with E-state index in [2.05, 4.69) is 10.6 Å². The van der Waals surface area contributed by atoms with Crippen LogP contribution >= 0.6 is 0 Å². The number of benzene rings is 1. The maximum absolute atomic E-state index is 13.8. The molecule has 0 spiro atoms. The number of aliphatic hydroxyl groups is 1. The van der Waals surface area contributed by atoms with E-state index in [0.29, 0.717) is 12.0 Å². The van der Waals surface area contributed by atoms with Gasteiger partial charge in [-0.3, -0.25) is 9.59 Å². The molecule has 1 aromatic rings. The van der Waals surface area contributed by atoms with Crippen LogP contribution in [0, 0.1) is 0 Å². The molecule has 3 amide bonds. The first kappa shape index (κ1) is 28.4. The molecular weight excluding hydrogens is 422 g/mol. The quantitative estimate of drug-likeness (QED) is 0.546. The summed E-state index contributed by atoms with van der Waals surface area (Å²) in [7, 11) is 0. The number of alkyl carbamates (subject to hydrolysis) is 1. The minimum Gasteiger partial charge on any atom is -0.444 e. The molecule has 186 valence electrons. The van der Waals surface area contributed by atoms with Gasteiger partial charge in [-0.15, -0.1) is 0 Å². The van der Waals surface area contributed by atoms with Crippen LogP contribution in [0.4, 0.5) is 4.79 Å². The van der Waals surface area contributed by atoms with Crippen LogP contribution in [0.5, 0.6) is 0 Å². The van der Waals surface area contributed by atoms with Crippen LogP contribution in [0.25, 0.3) is 0 Å². The molecule has 2 atom stereocenters. The van der Waals surface area contributed by atoms with Gasteiger partial charge < -0.3 is 25.4 Å². The van der Waals surface area contributed by atoms with Gasteiger partial charge in [0.25, 0.3) is 0 Å². The van der Waals surface area contributed by atoms with Gasteiger partial charge in [0.15, 0.2) is 0 Å². The molecule has 0 aliphatic rings. The Bertz CT molecular complexity index is 810. The lowest BCUT2D eigenvalue weighted by molar-refractivity contribution is -0.150. The zero-order valence-electron chi connectivity index (χ0n) is 21.5. The molecule has 0 aliphatic carbocycles. The molecular formula is C25H41N3O5. The van der Waals surface area contributed by atoms with Crippen LogP contribution in [0.1, 0.15) is 80.3 Å². The molecule has 0 radical (unpaired) electrons. The standard InChI is InChI=1S/C25H41N3O5/c1-10-25(8,9)28(21(31)18(16-29)26-22(32)33-24(5,6)7)19(17-14-12-11-13-15-17)20(30)27-23(2,3)4/h11-15,18-19,29H,10,16H2,1-9H3,(H,26,32)(H,27,30). The fourth-order valence-corrected chi connectivity index (χ4v) is 3.24. The Balaban J connectivity index is 3.50. The number of carbonyl (C=O) groups is 3. The van der Waals surface area contributed by atoms with Crippen LogP contribution < -0.4 is 10.6 Å². The van der Waals surface area contributed by atoms with Gasteiger partial charge in [-0.25, -0.2) is 4.79 Å². The lowest BCUT2D eigenvalue weighted by atomic mass is 9.91. The highest BCUT2D eigenvalue weighted by molar-refractivity contribution is 5.93. The third-order valence-electron chi connectivity index (χ3n) is 5.05.